The van der Waals surface area contributed by atoms with Gasteiger partial charge in [0.05, 0.1) is 17.6 Å². The van der Waals surface area contributed by atoms with Gasteiger partial charge in [-0.1, -0.05) is 0 Å². The molecular weight excluding hydrogens is 306 g/mol. The predicted molar refractivity (Wildman–Crippen MR) is 90.2 cm³/mol. The second-order valence-corrected chi connectivity index (χ2v) is 6.49. The zero-order chi connectivity index (χ0) is 16.9. The molecule has 0 spiro atoms. The number of rotatable bonds is 2. The molecule has 7 nitrogen and oxygen atoms in total. The molecule has 4 rings (SSSR count). The van der Waals surface area contributed by atoms with E-state index in [0.717, 1.165) is 17.7 Å². The molecule has 7 heteroatoms. The Morgan fingerprint density at radius 1 is 1.42 bits per heavy atom. The molecular formula is C17H17N5O2. The highest BCUT2D eigenvalue weighted by atomic mass is 16.5. The van der Waals surface area contributed by atoms with E-state index in [-0.39, 0.29) is 11.5 Å². The van der Waals surface area contributed by atoms with Gasteiger partial charge in [-0.05, 0) is 26.0 Å². The lowest BCUT2D eigenvalue weighted by atomic mass is 10.0. The molecule has 122 valence electrons. The van der Waals surface area contributed by atoms with Crippen LogP contribution in [0.1, 0.15) is 29.8 Å². The Hall–Kier alpha value is -3.09. The first-order valence-electron chi connectivity index (χ1n) is 7.64. The van der Waals surface area contributed by atoms with Crippen molar-refractivity contribution in [3.63, 3.8) is 0 Å². The minimum atomic E-state index is -0.298. The number of hydrogen-bond donors (Lipinski definition) is 2. The summed E-state index contributed by atoms with van der Waals surface area (Å²) in [5.74, 6) is 0.474. The van der Waals surface area contributed by atoms with E-state index in [9.17, 15) is 4.79 Å². The summed E-state index contributed by atoms with van der Waals surface area (Å²) in [5, 5.41) is 6.97. The highest BCUT2D eigenvalue weighted by Gasteiger charge is 2.31. The number of amides is 1. The largest absolute Gasteiger partial charge is 0.487 e. The standard InChI is InChI=1S/C17H17N5O2/c1-17(2)8-10-6-13(12(18)7-14(10)24-17)21-16(23)11-9-20-22-5-3-4-19-15(11)22/h3-7,9H,8,18H2,1-2H3,(H,21,23). The van der Waals surface area contributed by atoms with Gasteiger partial charge < -0.3 is 15.8 Å². The molecule has 0 saturated heterocycles. The molecule has 2 aromatic heterocycles. The van der Waals surface area contributed by atoms with E-state index in [4.69, 9.17) is 10.5 Å². The fourth-order valence-corrected chi connectivity index (χ4v) is 2.95. The highest BCUT2D eigenvalue weighted by molar-refractivity contribution is 6.09. The number of nitrogens with one attached hydrogen (secondary N) is 1. The van der Waals surface area contributed by atoms with Crippen LogP contribution in [0, 0.1) is 0 Å². The van der Waals surface area contributed by atoms with Crippen LogP contribution in [0.15, 0.2) is 36.8 Å². The lowest BCUT2D eigenvalue weighted by molar-refractivity contribution is 0.102. The molecule has 0 saturated carbocycles. The lowest BCUT2D eigenvalue weighted by Gasteiger charge is -2.16. The minimum absolute atomic E-state index is 0.260. The third-order valence-corrected chi connectivity index (χ3v) is 4.01. The second kappa shape index (κ2) is 4.95. The van der Waals surface area contributed by atoms with Gasteiger partial charge in [-0.3, -0.25) is 4.79 Å². The second-order valence-electron chi connectivity index (χ2n) is 6.49. The molecule has 1 amide bonds. The van der Waals surface area contributed by atoms with Crippen LogP contribution in [0.25, 0.3) is 5.65 Å². The lowest BCUT2D eigenvalue weighted by Crippen LogP contribution is -2.24. The number of anilines is 2. The molecule has 3 N–H and O–H groups in total. The maximum Gasteiger partial charge on any atom is 0.261 e. The van der Waals surface area contributed by atoms with Gasteiger partial charge in [0.1, 0.15) is 16.9 Å². The Bertz CT molecular complexity index is 961. The van der Waals surface area contributed by atoms with Crippen molar-refractivity contribution in [2.75, 3.05) is 11.1 Å². The number of nitrogens with zero attached hydrogens (tertiary/aromatic N) is 3. The summed E-state index contributed by atoms with van der Waals surface area (Å²) in [6, 6.07) is 5.38. The van der Waals surface area contributed by atoms with E-state index in [2.05, 4.69) is 15.4 Å². The van der Waals surface area contributed by atoms with Crippen LogP contribution >= 0.6 is 0 Å². The fourth-order valence-electron chi connectivity index (χ4n) is 2.95. The molecule has 0 unspecified atom stereocenters. The topological polar surface area (TPSA) is 94.5 Å². The van der Waals surface area contributed by atoms with Crippen LogP contribution < -0.4 is 15.8 Å². The molecule has 3 heterocycles. The Labute approximate surface area is 138 Å². The number of carbonyl (C=O) groups excluding carboxylic acids is 1. The van der Waals surface area contributed by atoms with Crippen molar-refractivity contribution in [3.8, 4) is 5.75 Å². The van der Waals surface area contributed by atoms with Crippen molar-refractivity contribution >= 4 is 22.9 Å². The van der Waals surface area contributed by atoms with E-state index in [1.165, 1.54) is 6.20 Å². The van der Waals surface area contributed by atoms with Gasteiger partial charge in [-0.25, -0.2) is 9.50 Å². The zero-order valence-electron chi connectivity index (χ0n) is 13.4. The van der Waals surface area contributed by atoms with E-state index >= 15 is 0 Å². The maximum atomic E-state index is 12.6. The number of fused-ring (bicyclic) bond motifs is 2. The molecule has 1 aliphatic heterocycles. The number of nitrogens with two attached hydrogens (primary N) is 1. The summed E-state index contributed by atoms with van der Waals surface area (Å²) in [7, 11) is 0. The summed E-state index contributed by atoms with van der Waals surface area (Å²) in [6.45, 7) is 4.04. The summed E-state index contributed by atoms with van der Waals surface area (Å²) < 4.78 is 7.40. The molecule has 0 atom stereocenters. The Kier molecular flexibility index (Phi) is 2.99. The van der Waals surface area contributed by atoms with E-state index < -0.39 is 0 Å². The molecule has 0 aliphatic carbocycles. The van der Waals surface area contributed by atoms with Gasteiger partial charge in [0, 0.05) is 30.4 Å². The van der Waals surface area contributed by atoms with Gasteiger partial charge in [-0.15, -0.1) is 0 Å². The van der Waals surface area contributed by atoms with E-state index in [0.29, 0.717) is 22.6 Å². The first-order chi connectivity index (χ1) is 11.4. The Morgan fingerprint density at radius 2 is 2.25 bits per heavy atom. The number of carbonyl (C=O) groups is 1. The van der Waals surface area contributed by atoms with Crippen molar-refractivity contribution < 1.29 is 9.53 Å². The molecule has 24 heavy (non-hydrogen) atoms. The van der Waals surface area contributed by atoms with Crippen molar-refractivity contribution in [1.29, 1.82) is 0 Å². The summed E-state index contributed by atoms with van der Waals surface area (Å²) in [4.78, 5) is 16.8. The van der Waals surface area contributed by atoms with Crippen LogP contribution in [0.5, 0.6) is 5.75 Å². The van der Waals surface area contributed by atoms with Gasteiger partial charge in [0.2, 0.25) is 0 Å². The average molecular weight is 323 g/mol. The van der Waals surface area contributed by atoms with Crippen molar-refractivity contribution in [2.45, 2.75) is 25.9 Å². The number of ether oxygens (including phenoxy) is 1. The molecule has 1 aliphatic rings. The van der Waals surface area contributed by atoms with Gasteiger partial charge in [-0.2, -0.15) is 5.10 Å². The Balaban J connectivity index is 1.65. The van der Waals surface area contributed by atoms with Crippen LogP contribution in [0.3, 0.4) is 0 Å². The van der Waals surface area contributed by atoms with Gasteiger partial charge >= 0.3 is 0 Å². The van der Waals surface area contributed by atoms with E-state index in [1.54, 1.807) is 29.0 Å². The molecule has 3 aromatic rings. The maximum absolute atomic E-state index is 12.6. The third kappa shape index (κ3) is 2.34. The molecule has 0 bridgehead atoms. The number of nitrogen functional groups attached to an aromatic ring is 1. The highest BCUT2D eigenvalue weighted by Crippen LogP contribution is 2.39. The van der Waals surface area contributed by atoms with Crippen molar-refractivity contribution in [2.24, 2.45) is 0 Å². The zero-order valence-corrected chi connectivity index (χ0v) is 13.4. The quantitative estimate of drug-likeness (QED) is 0.706. The smallest absolute Gasteiger partial charge is 0.261 e. The van der Waals surface area contributed by atoms with E-state index in [1.807, 2.05) is 19.9 Å². The van der Waals surface area contributed by atoms with Crippen LogP contribution in [-0.2, 0) is 6.42 Å². The molecule has 1 aromatic carbocycles. The Morgan fingerprint density at radius 3 is 3.08 bits per heavy atom. The van der Waals surface area contributed by atoms with Gasteiger partial charge in [0.15, 0.2) is 5.65 Å². The third-order valence-electron chi connectivity index (χ3n) is 4.01. The van der Waals surface area contributed by atoms with Gasteiger partial charge in [0.25, 0.3) is 5.91 Å². The summed E-state index contributed by atoms with van der Waals surface area (Å²) >= 11 is 0. The SMILES string of the molecule is CC1(C)Cc2cc(NC(=O)c3cnn4cccnc34)c(N)cc2O1. The predicted octanol–water partition coefficient (Wildman–Crippen LogP) is 2.28. The van der Waals surface area contributed by atoms with Crippen molar-refractivity contribution in [3.05, 3.63) is 47.9 Å². The number of aromatic nitrogens is 3. The first kappa shape index (κ1) is 14.5. The monoisotopic (exact) mass is 323 g/mol. The van der Waals surface area contributed by atoms with Crippen LogP contribution in [0.2, 0.25) is 0 Å². The summed E-state index contributed by atoms with van der Waals surface area (Å²) in [6.07, 6.45) is 5.62. The average Bonchev–Trinajstić information content (AvgIpc) is 3.07. The number of hydrogen-bond acceptors (Lipinski definition) is 5. The number of benzene rings is 1. The first-order valence-corrected chi connectivity index (χ1v) is 7.64. The summed E-state index contributed by atoms with van der Waals surface area (Å²) in [5.41, 5.74) is 8.76. The normalized spacial score (nSPS) is 15.1. The van der Waals surface area contributed by atoms with Crippen molar-refractivity contribution in [1.82, 2.24) is 14.6 Å². The molecule has 0 radical (unpaired) electrons. The minimum Gasteiger partial charge on any atom is -0.487 e. The van der Waals surface area contributed by atoms with Crippen LogP contribution in [0.4, 0.5) is 11.4 Å². The van der Waals surface area contributed by atoms with Crippen LogP contribution in [-0.4, -0.2) is 26.1 Å². The molecule has 0 fully saturated rings. The fraction of sp³-hybridized carbons (Fsp3) is 0.235.